The first-order valence-electron chi connectivity index (χ1n) is 9.39. The first-order chi connectivity index (χ1) is 14.1. The van der Waals surface area contributed by atoms with Crippen LogP contribution >= 0.6 is 0 Å². The molecule has 0 bridgehead atoms. The van der Waals surface area contributed by atoms with Crippen molar-refractivity contribution in [3.63, 3.8) is 0 Å². The number of halogens is 1. The average Bonchev–Trinajstić information content (AvgIpc) is 2.77. The van der Waals surface area contributed by atoms with Crippen molar-refractivity contribution in [1.29, 1.82) is 0 Å². The van der Waals surface area contributed by atoms with E-state index in [2.05, 4.69) is 27.9 Å². The lowest BCUT2D eigenvalue weighted by Crippen LogP contribution is -2.22. The van der Waals surface area contributed by atoms with E-state index in [9.17, 15) is 4.39 Å². The molecule has 0 aliphatic carbocycles. The van der Waals surface area contributed by atoms with Crippen molar-refractivity contribution in [3.8, 4) is 11.1 Å². The summed E-state index contributed by atoms with van der Waals surface area (Å²) in [4.78, 5) is 10.8. The highest BCUT2D eigenvalue weighted by Crippen LogP contribution is 2.38. The fourth-order valence-electron chi connectivity index (χ4n) is 3.56. The highest BCUT2D eigenvalue weighted by molar-refractivity contribution is 5.73. The summed E-state index contributed by atoms with van der Waals surface area (Å²) in [5, 5.41) is 0. The molecule has 0 spiro atoms. The number of benzene rings is 2. The van der Waals surface area contributed by atoms with Crippen LogP contribution in [0.5, 0.6) is 0 Å². The van der Waals surface area contributed by atoms with Crippen LogP contribution in [-0.2, 0) is 0 Å². The van der Waals surface area contributed by atoms with Gasteiger partial charge >= 0.3 is 0 Å². The molecule has 1 unspecified atom stereocenters. The molecule has 2 aromatic carbocycles. The summed E-state index contributed by atoms with van der Waals surface area (Å²) >= 11 is 0. The Balaban J connectivity index is 1.84. The monoisotopic (exact) mass is 384 g/mol. The van der Waals surface area contributed by atoms with Crippen molar-refractivity contribution in [1.82, 2.24) is 9.97 Å². The van der Waals surface area contributed by atoms with E-state index in [0.717, 1.165) is 28.1 Å². The fourth-order valence-corrected chi connectivity index (χ4v) is 3.56. The van der Waals surface area contributed by atoms with Gasteiger partial charge in [0.1, 0.15) is 5.82 Å². The highest BCUT2D eigenvalue weighted by Gasteiger charge is 2.22. The number of nitrogens with two attached hydrogens (primary N) is 1. The smallest absolute Gasteiger partial charge is 0.146 e. The predicted molar refractivity (Wildman–Crippen MR) is 115 cm³/mol. The lowest BCUT2D eigenvalue weighted by atomic mass is 9.94. The molecule has 0 aliphatic rings. The molecule has 4 aromatic rings. The maximum atomic E-state index is 13.7. The summed E-state index contributed by atoms with van der Waals surface area (Å²) in [6, 6.07) is 20.8. The zero-order valence-electron chi connectivity index (χ0n) is 16.0. The van der Waals surface area contributed by atoms with Crippen LogP contribution in [0.25, 0.3) is 11.1 Å². The van der Waals surface area contributed by atoms with E-state index in [4.69, 9.17) is 5.73 Å². The van der Waals surface area contributed by atoms with Crippen molar-refractivity contribution >= 4 is 17.1 Å². The molecule has 2 aromatic heterocycles. The Morgan fingerprint density at radius 3 is 2.10 bits per heavy atom. The molecule has 4 rings (SSSR count). The second-order valence-electron chi connectivity index (χ2n) is 6.79. The van der Waals surface area contributed by atoms with Crippen molar-refractivity contribution < 1.29 is 4.39 Å². The predicted octanol–water partition coefficient (Wildman–Crippen LogP) is 5.76. The maximum absolute atomic E-state index is 13.7. The Hall–Kier alpha value is -3.73. The van der Waals surface area contributed by atoms with Crippen molar-refractivity contribution in [3.05, 3.63) is 103 Å². The Morgan fingerprint density at radius 2 is 1.52 bits per heavy atom. The molecule has 0 saturated heterocycles. The molecule has 29 heavy (non-hydrogen) atoms. The van der Waals surface area contributed by atoms with Gasteiger partial charge in [0.15, 0.2) is 0 Å². The van der Waals surface area contributed by atoms with Gasteiger partial charge in [0, 0.05) is 12.4 Å². The Bertz CT molecular complexity index is 1060. The van der Waals surface area contributed by atoms with Crippen LogP contribution in [0.1, 0.15) is 18.5 Å². The normalized spacial score (nSPS) is 11.8. The van der Waals surface area contributed by atoms with Gasteiger partial charge < -0.3 is 10.6 Å². The van der Waals surface area contributed by atoms with Crippen LogP contribution < -0.4 is 10.6 Å². The number of rotatable bonds is 5. The largest absolute Gasteiger partial charge is 0.396 e. The maximum Gasteiger partial charge on any atom is 0.146 e. The quantitative estimate of drug-likeness (QED) is 0.444. The SMILES string of the molecule is CC(c1ccccc1-c1ccc(F)c(N)c1)N(c1cccnc1)c1cccnc1. The van der Waals surface area contributed by atoms with Gasteiger partial charge in [0.25, 0.3) is 0 Å². The number of nitrogen functional groups attached to an aromatic ring is 1. The van der Waals surface area contributed by atoms with Gasteiger partial charge in [0.2, 0.25) is 0 Å². The number of pyridine rings is 2. The minimum atomic E-state index is -0.411. The Kier molecular flexibility index (Phi) is 5.20. The number of anilines is 3. The molecule has 0 saturated carbocycles. The van der Waals surface area contributed by atoms with Crippen LogP contribution in [0, 0.1) is 5.82 Å². The molecule has 5 heteroatoms. The first kappa shape index (κ1) is 18.6. The van der Waals surface area contributed by atoms with Crippen LogP contribution in [0.15, 0.2) is 91.5 Å². The van der Waals surface area contributed by atoms with Crippen LogP contribution in [-0.4, -0.2) is 9.97 Å². The van der Waals surface area contributed by atoms with E-state index in [-0.39, 0.29) is 11.7 Å². The van der Waals surface area contributed by atoms with Crippen LogP contribution in [0.3, 0.4) is 0 Å². The van der Waals surface area contributed by atoms with E-state index in [0.29, 0.717) is 0 Å². The molecular formula is C24H21FN4. The topological polar surface area (TPSA) is 55.0 Å². The van der Waals surface area contributed by atoms with Gasteiger partial charge in [-0.15, -0.1) is 0 Å². The summed E-state index contributed by atoms with van der Waals surface area (Å²) < 4.78 is 13.7. The third-order valence-electron chi connectivity index (χ3n) is 4.95. The zero-order chi connectivity index (χ0) is 20.2. The summed E-state index contributed by atoms with van der Waals surface area (Å²) in [6.07, 6.45) is 7.18. The average molecular weight is 384 g/mol. The number of nitrogens with zero attached hydrogens (tertiary/aromatic N) is 3. The zero-order valence-corrected chi connectivity index (χ0v) is 16.0. The molecular weight excluding hydrogens is 363 g/mol. The number of hydrogen-bond donors (Lipinski definition) is 1. The van der Waals surface area contributed by atoms with Gasteiger partial charge in [-0.05, 0) is 60.0 Å². The van der Waals surface area contributed by atoms with E-state index in [1.54, 1.807) is 24.5 Å². The fraction of sp³-hybridized carbons (Fsp3) is 0.0833. The van der Waals surface area contributed by atoms with Gasteiger partial charge in [0.05, 0.1) is 35.5 Å². The third-order valence-corrected chi connectivity index (χ3v) is 4.95. The van der Waals surface area contributed by atoms with Crippen molar-refractivity contribution in [2.45, 2.75) is 13.0 Å². The molecule has 0 radical (unpaired) electrons. The molecule has 0 fully saturated rings. The summed E-state index contributed by atoms with van der Waals surface area (Å²) in [6.45, 7) is 2.13. The molecule has 0 aliphatic heterocycles. The van der Waals surface area contributed by atoms with E-state index >= 15 is 0 Å². The molecule has 2 heterocycles. The molecule has 4 nitrogen and oxygen atoms in total. The highest BCUT2D eigenvalue weighted by atomic mass is 19.1. The summed E-state index contributed by atoms with van der Waals surface area (Å²) in [5.74, 6) is -0.411. The third kappa shape index (κ3) is 3.80. The van der Waals surface area contributed by atoms with Crippen LogP contribution in [0.2, 0.25) is 0 Å². The van der Waals surface area contributed by atoms with Crippen molar-refractivity contribution in [2.75, 3.05) is 10.6 Å². The molecule has 1 atom stereocenters. The van der Waals surface area contributed by atoms with E-state index < -0.39 is 5.82 Å². The second kappa shape index (κ2) is 8.10. The second-order valence-corrected chi connectivity index (χ2v) is 6.79. The van der Waals surface area contributed by atoms with E-state index in [1.165, 1.54) is 6.07 Å². The minimum Gasteiger partial charge on any atom is -0.396 e. The van der Waals surface area contributed by atoms with Gasteiger partial charge in [-0.25, -0.2) is 4.39 Å². The summed E-state index contributed by atoms with van der Waals surface area (Å²) in [7, 11) is 0. The Morgan fingerprint density at radius 1 is 0.862 bits per heavy atom. The standard InChI is InChI=1S/C24H21FN4/c1-17(29(19-6-4-12-27-15-19)20-7-5-13-28-16-20)21-8-2-3-9-22(21)18-10-11-23(25)24(26)14-18/h2-17H,26H2,1H3. The lowest BCUT2D eigenvalue weighted by Gasteiger charge is -2.32. The molecule has 144 valence electrons. The lowest BCUT2D eigenvalue weighted by molar-refractivity contribution is 0.632. The number of hydrogen-bond acceptors (Lipinski definition) is 4. The van der Waals surface area contributed by atoms with E-state index in [1.807, 2.05) is 54.9 Å². The molecule has 2 N–H and O–H groups in total. The van der Waals surface area contributed by atoms with Gasteiger partial charge in [-0.3, -0.25) is 9.97 Å². The van der Waals surface area contributed by atoms with Gasteiger partial charge in [-0.1, -0.05) is 30.3 Å². The Labute approximate surface area is 169 Å². The number of aromatic nitrogens is 2. The van der Waals surface area contributed by atoms with Crippen molar-refractivity contribution in [2.24, 2.45) is 0 Å². The minimum absolute atomic E-state index is 0.0362. The van der Waals surface area contributed by atoms with Crippen LogP contribution in [0.4, 0.5) is 21.5 Å². The summed E-state index contributed by atoms with van der Waals surface area (Å²) in [5.41, 5.74) is 10.9. The van der Waals surface area contributed by atoms with Gasteiger partial charge in [-0.2, -0.15) is 0 Å². The molecule has 0 amide bonds. The first-order valence-corrected chi connectivity index (χ1v) is 9.39.